The molecule has 6 heteroatoms. The third kappa shape index (κ3) is 13.1. The fourth-order valence-electron chi connectivity index (χ4n) is 2.86. The zero-order valence-electron chi connectivity index (χ0n) is 16.7. The molecule has 1 aliphatic heterocycles. The summed E-state index contributed by atoms with van der Waals surface area (Å²) >= 11 is 0. The van der Waals surface area contributed by atoms with Crippen LogP contribution < -0.4 is 10.6 Å². The van der Waals surface area contributed by atoms with Gasteiger partial charge in [0.25, 0.3) is 0 Å². The third-order valence-corrected chi connectivity index (χ3v) is 4.43. The molecule has 25 heavy (non-hydrogen) atoms. The molecule has 148 valence electrons. The molecule has 0 aliphatic carbocycles. The van der Waals surface area contributed by atoms with Crippen LogP contribution in [0.4, 0.5) is 0 Å². The molecule has 2 N–H and O–H groups in total. The van der Waals surface area contributed by atoms with Crippen LogP contribution in [0.2, 0.25) is 0 Å². The van der Waals surface area contributed by atoms with Gasteiger partial charge < -0.3 is 25.0 Å². The van der Waals surface area contributed by atoms with Gasteiger partial charge in [0, 0.05) is 39.3 Å². The molecule has 0 aromatic heterocycles. The summed E-state index contributed by atoms with van der Waals surface area (Å²) in [5.41, 5.74) is 0. The third-order valence-electron chi connectivity index (χ3n) is 4.43. The number of nitrogens with zero attached hydrogens (tertiary/aromatic N) is 2. The van der Waals surface area contributed by atoms with Crippen molar-refractivity contribution < 1.29 is 9.47 Å². The summed E-state index contributed by atoms with van der Waals surface area (Å²) in [4.78, 5) is 6.52. The highest BCUT2D eigenvalue weighted by molar-refractivity contribution is 5.79. The predicted octanol–water partition coefficient (Wildman–Crippen LogP) is 2.11. The lowest BCUT2D eigenvalue weighted by Crippen LogP contribution is -2.38. The molecule has 0 aromatic rings. The van der Waals surface area contributed by atoms with Gasteiger partial charge >= 0.3 is 0 Å². The SMILES string of the molecule is CN=C(NCCCCCCCN(C)C)NCCCOCC1CCOC1. The molecule has 0 spiro atoms. The molecule has 1 unspecified atom stereocenters. The van der Waals surface area contributed by atoms with Gasteiger partial charge in [0.2, 0.25) is 0 Å². The first-order valence-corrected chi connectivity index (χ1v) is 9.97. The van der Waals surface area contributed by atoms with E-state index in [1.807, 2.05) is 7.05 Å². The maximum atomic E-state index is 5.71. The molecule has 1 fully saturated rings. The minimum atomic E-state index is 0.602. The molecule has 6 nitrogen and oxygen atoms in total. The van der Waals surface area contributed by atoms with Crippen molar-refractivity contribution in [3.63, 3.8) is 0 Å². The number of aliphatic imine (C=N–C) groups is 1. The average Bonchev–Trinajstić information content (AvgIpc) is 3.11. The van der Waals surface area contributed by atoms with E-state index in [2.05, 4.69) is 34.6 Å². The van der Waals surface area contributed by atoms with E-state index in [-0.39, 0.29) is 0 Å². The molecule has 0 saturated carbocycles. The van der Waals surface area contributed by atoms with Gasteiger partial charge in [-0.25, -0.2) is 0 Å². The van der Waals surface area contributed by atoms with Crippen LogP contribution in [-0.2, 0) is 9.47 Å². The molecule has 1 heterocycles. The number of ether oxygens (including phenoxy) is 2. The Morgan fingerprint density at radius 2 is 1.80 bits per heavy atom. The van der Waals surface area contributed by atoms with Crippen LogP contribution in [0.25, 0.3) is 0 Å². The van der Waals surface area contributed by atoms with Crippen molar-refractivity contribution >= 4 is 5.96 Å². The van der Waals surface area contributed by atoms with E-state index < -0.39 is 0 Å². The summed E-state index contributed by atoms with van der Waals surface area (Å²) in [6, 6.07) is 0. The van der Waals surface area contributed by atoms with E-state index in [1.165, 1.54) is 38.6 Å². The normalized spacial score (nSPS) is 18.1. The Morgan fingerprint density at radius 3 is 2.48 bits per heavy atom. The van der Waals surface area contributed by atoms with Crippen LogP contribution >= 0.6 is 0 Å². The molecule has 1 aliphatic rings. The van der Waals surface area contributed by atoms with E-state index in [9.17, 15) is 0 Å². The first-order chi connectivity index (χ1) is 12.2. The maximum absolute atomic E-state index is 5.71. The molecule has 1 saturated heterocycles. The van der Waals surface area contributed by atoms with E-state index in [4.69, 9.17) is 9.47 Å². The van der Waals surface area contributed by atoms with Crippen molar-refractivity contribution in [1.29, 1.82) is 0 Å². The summed E-state index contributed by atoms with van der Waals surface area (Å²) in [5, 5.41) is 6.74. The van der Waals surface area contributed by atoms with Gasteiger partial charge in [-0.3, -0.25) is 4.99 Å². The Labute approximate surface area is 154 Å². The Kier molecular flexibility index (Phi) is 13.7. The van der Waals surface area contributed by atoms with Crippen LogP contribution in [0.1, 0.15) is 44.9 Å². The van der Waals surface area contributed by atoms with Crippen LogP contribution in [-0.4, -0.2) is 78.1 Å². The van der Waals surface area contributed by atoms with Crippen LogP contribution in [0.3, 0.4) is 0 Å². The second kappa shape index (κ2) is 15.4. The zero-order chi connectivity index (χ0) is 18.2. The van der Waals surface area contributed by atoms with Crippen LogP contribution in [0, 0.1) is 5.92 Å². The number of nitrogens with one attached hydrogen (secondary N) is 2. The van der Waals surface area contributed by atoms with E-state index in [0.29, 0.717) is 5.92 Å². The number of hydrogen-bond donors (Lipinski definition) is 2. The fraction of sp³-hybridized carbons (Fsp3) is 0.947. The van der Waals surface area contributed by atoms with Crippen molar-refractivity contribution in [1.82, 2.24) is 15.5 Å². The van der Waals surface area contributed by atoms with Crippen molar-refractivity contribution in [2.75, 3.05) is 67.2 Å². The highest BCUT2D eigenvalue weighted by Gasteiger charge is 2.15. The predicted molar refractivity (Wildman–Crippen MR) is 105 cm³/mol. The van der Waals surface area contributed by atoms with Gasteiger partial charge in [-0.2, -0.15) is 0 Å². The maximum Gasteiger partial charge on any atom is 0.190 e. The first-order valence-electron chi connectivity index (χ1n) is 9.97. The quantitative estimate of drug-likeness (QED) is 0.284. The molecule has 1 atom stereocenters. The van der Waals surface area contributed by atoms with Gasteiger partial charge in [-0.05, 0) is 46.3 Å². The van der Waals surface area contributed by atoms with Gasteiger partial charge in [-0.1, -0.05) is 19.3 Å². The first kappa shape index (κ1) is 22.2. The minimum absolute atomic E-state index is 0.602. The Bertz CT molecular complexity index is 331. The highest BCUT2D eigenvalue weighted by atomic mass is 16.5. The van der Waals surface area contributed by atoms with Crippen LogP contribution in [0.15, 0.2) is 4.99 Å². The van der Waals surface area contributed by atoms with Crippen molar-refractivity contribution in [2.24, 2.45) is 10.9 Å². The zero-order valence-corrected chi connectivity index (χ0v) is 16.7. The number of rotatable bonds is 14. The van der Waals surface area contributed by atoms with Crippen LogP contribution in [0.5, 0.6) is 0 Å². The highest BCUT2D eigenvalue weighted by Crippen LogP contribution is 2.12. The fourth-order valence-corrected chi connectivity index (χ4v) is 2.86. The summed E-state index contributed by atoms with van der Waals surface area (Å²) in [6.07, 6.45) is 8.60. The minimum Gasteiger partial charge on any atom is -0.381 e. The average molecular weight is 357 g/mol. The van der Waals surface area contributed by atoms with Crippen molar-refractivity contribution in [2.45, 2.75) is 44.9 Å². The van der Waals surface area contributed by atoms with Gasteiger partial charge in [0.15, 0.2) is 5.96 Å². The topological polar surface area (TPSA) is 58.1 Å². The van der Waals surface area contributed by atoms with E-state index >= 15 is 0 Å². The lowest BCUT2D eigenvalue weighted by atomic mass is 10.1. The van der Waals surface area contributed by atoms with Gasteiger partial charge in [0.1, 0.15) is 0 Å². The second-order valence-corrected chi connectivity index (χ2v) is 7.15. The standard InChI is InChI=1S/C19H40N4O2/c1-20-19(21-11-7-5-4-6-8-13-23(2)3)22-12-9-14-24-16-18-10-15-25-17-18/h18H,4-17H2,1-3H3,(H2,20,21,22). The smallest absolute Gasteiger partial charge is 0.190 e. The Hall–Kier alpha value is -0.850. The largest absolute Gasteiger partial charge is 0.381 e. The monoisotopic (exact) mass is 356 g/mol. The van der Waals surface area contributed by atoms with Gasteiger partial charge in [-0.15, -0.1) is 0 Å². The number of unbranched alkanes of at least 4 members (excludes halogenated alkanes) is 4. The number of guanidine groups is 1. The number of hydrogen-bond acceptors (Lipinski definition) is 4. The Balaban J connectivity index is 1.85. The summed E-state index contributed by atoms with van der Waals surface area (Å²) in [6.45, 7) is 6.48. The molecule has 0 bridgehead atoms. The molecule has 0 aromatic carbocycles. The Morgan fingerprint density at radius 1 is 1.08 bits per heavy atom. The summed E-state index contributed by atoms with van der Waals surface area (Å²) < 4.78 is 11.1. The van der Waals surface area contributed by atoms with Crippen molar-refractivity contribution in [3.8, 4) is 0 Å². The van der Waals surface area contributed by atoms with E-state index in [1.54, 1.807) is 0 Å². The molecular weight excluding hydrogens is 316 g/mol. The van der Waals surface area contributed by atoms with Crippen molar-refractivity contribution in [3.05, 3.63) is 0 Å². The summed E-state index contributed by atoms with van der Waals surface area (Å²) in [7, 11) is 6.10. The van der Waals surface area contributed by atoms with E-state index in [0.717, 1.165) is 58.3 Å². The molecular formula is C19H40N4O2. The summed E-state index contributed by atoms with van der Waals surface area (Å²) in [5.74, 6) is 1.50. The molecule has 0 radical (unpaired) electrons. The lowest BCUT2D eigenvalue weighted by Gasteiger charge is -2.13. The molecule has 1 rings (SSSR count). The lowest BCUT2D eigenvalue weighted by molar-refractivity contribution is 0.0888. The second-order valence-electron chi connectivity index (χ2n) is 7.15. The van der Waals surface area contributed by atoms with Gasteiger partial charge in [0.05, 0.1) is 13.2 Å². The molecule has 0 amide bonds.